The number of likely N-dealkylation sites (tertiary alicyclic amines) is 1. The van der Waals surface area contributed by atoms with Crippen LogP contribution >= 0.6 is 11.8 Å². The van der Waals surface area contributed by atoms with E-state index in [2.05, 4.69) is 25.9 Å². The number of hydrogen-bond acceptors (Lipinski definition) is 7. The Labute approximate surface area is 198 Å². The summed E-state index contributed by atoms with van der Waals surface area (Å²) in [6.45, 7) is 2.45. The number of piperidine rings is 1. The standard InChI is InChI=1S/C25H30N4O3S/c1-32-20-5-6-23-21(15-20)18(7-11-27-23)3-2-4-19-9-12-29(16-22(19)25(30)31)13-14-33-24-8-10-26-17-28-24/h5-8,10-11,15,17,19,22H,2-4,9,12-14,16H2,1H3,(H,30,31)/t19-,22+/m1/s1. The molecule has 3 heterocycles. The first-order valence-corrected chi connectivity index (χ1v) is 12.4. The Bertz CT molecular complexity index is 1070. The molecule has 0 amide bonds. The molecule has 174 valence electrons. The van der Waals surface area contributed by atoms with Crippen molar-refractivity contribution in [3.63, 3.8) is 0 Å². The number of fused-ring (bicyclic) bond motifs is 1. The summed E-state index contributed by atoms with van der Waals surface area (Å²) in [6, 6.07) is 9.91. The van der Waals surface area contributed by atoms with Crippen LogP contribution in [0.15, 0.2) is 54.1 Å². The zero-order valence-electron chi connectivity index (χ0n) is 18.9. The lowest BCUT2D eigenvalue weighted by atomic mass is 9.81. The third kappa shape index (κ3) is 6.21. The fourth-order valence-corrected chi connectivity index (χ4v) is 5.46. The second kappa shape index (κ2) is 11.4. The number of ether oxygens (including phenoxy) is 1. The summed E-state index contributed by atoms with van der Waals surface area (Å²) in [5, 5.41) is 11.9. The van der Waals surface area contributed by atoms with Gasteiger partial charge < -0.3 is 14.7 Å². The van der Waals surface area contributed by atoms with Crippen LogP contribution in [0.5, 0.6) is 5.75 Å². The van der Waals surface area contributed by atoms with E-state index in [0.717, 1.165) is 66.2 Å². The van der Waals surface area contributed by atoms with Crippen LogP contribution in [-0.2, 0) is 11.2 Å². The molecule has 0 spiro atoms. The summed E-state index contributed by atoms with van der Waals surface area (Å²) in [4.78, 5) is 26.9. The number of nitrogens with zero attached hydrogens (tertiary/aromatic N) is 4. The van der Waals surface area contributed by atoms with E-state index in [1.807, 2.05) is 30.5 Å². The molecule has 1 aliphatic heterocycles. The molecule has 0 radical (unpaired) electrons. The van der Waals surface area contributed by atoms with Gasteiger partial charge in [0.1, 0.15) is 12.1 Å². The van der Waals surface area contributed by atoms with Crippen molar-refractivity contribution in [2.24, 2.45) is 11.8 Å². The lowest BCUT2D eigenvalue weighted by molar-refractivity contribution is -0.146. The number of thioether (sulfide) groups is 1. The van der Waals surface area contributed by atoms with Crippen molar-refractivity contribution < 1.29 is 14.6 Å². The molecule has 2 aromatic heterocycles. The Balaban J connectivity index is 1.29. The Hall–Kier alpha value is -2.71. The van der Waals surface area contributed by atoms with Gasteiger partial charge in [-0.05, 0) is 74.0 Å². The number of hydrogen-bond donors (Lipinski definition) is 1. The number of rotatable bonds is 10. The highest BCUT2D eigenvalue weighted by Gasteiger charge is 2.33. The van der Waals surface area contributed by atoms with Gasteiger partial charge in [-0.1, -0.05) is 0 Å². The molecule has 0 saturated carbocycles. The van der Waals surface area contributed by atoms with Crippen LogP contribution in [0.1, 0.15) is 24.8 Å². The summed E-state index contributed by atoms with van der Waals surface area (Å²) >= 11 is 1.69. The fourth-order valence-electron chi connectivity index (χ4n) is 4.62. The highest BCUT2D eigenvalue weighted by atomic mass is 32.2. The molecule has 7 nitrogen and oxygen atoms in total. The van der Waals surface area contributed by atoms with Gasteiger partial charge in [-0.25, -0.2) is 9.97 Å². The van der Waals surface area contributed by atoms with Gasteiger partial charge in [-0.2, -0.15) is 0 Å². The number of methoxy groups -OCH3 is 1. The molecule has 0 aliphatic carbocycles. The Morgan fingerprint density at radius 3 is 2.94 bits per heavy atom. The van der Waals surface area contributed by atoms with Gasteiger partial charge in [0.15, 0.2) is 0 Å². The summed E-state index contributed by atoms with van der Waals surface area (Å²) in [7, 11) is 1.67. The molecule has 1 saturated heterocycles. The number of aryl methyl sites for hydroxylation is 1. The van der Waals surface area contributed by atoms with E-state index in [4.69, 9.17) is 4.74 Å². The number of carbonyl (C=O) groups is 1. The second-order valence-electron chi connectivity index (χ2n) is 8.44. The van der Waals surface area contributed by atoms with Crippen molar-refractivity contribution in [1.29, 1.82) is 0 Å². The smallest absolute Gasteiger partial charge is 0.308 e. The monoisotopic (exact) mass is 466 g/mol. The first-order valence-electron chi connectivity index (χ1n) is 11.4. The van der Waals surface area contributed by atoms with Crippen molar-refractivity contribution >= 4 is 28.6 Å². The molecule has 33 heavy (non-hydrogen) atoms. The number of pyridine rings is 1. The summed E-state index contributed by atoms with van der Waals surface area (Å²) in [5.41, 5.74) is 2.20. The number of aromatic nitrogens is 3. The van der Waals surface area contributed by atoms with Crippen LogP contribution in [0.4, 0.5) is 0 Å². The van der Waals surface area contributed by atoms with E-state index in [1.165, 1.54) is 5.56 Å². The predicted molar refractivity (Wildman–Crippen MR) is 130 cm³/mol. The zero-order chi connectivity index (χ0) is 23.0. The zero-order valence-corrected chi connectivity index (χ0v) is 19.7. The topological polar surface area (TPSA) is 88.4 Å². The molecule has 1 N–H and O–H groups in total. The van der Waals surface area contributed by atoms with Crippen molar-refractivity contribution in [1.82, 2.24) is 19.9 Å². The quantitative estimate of drug-likeness (QED) is 0.352. The van der Waals surface area contributed by atoms with Gasteiger partial charge in [0.2, 0.25) is 0 Å². The van der Waals surface area contributed by atoms with Crippen LogP contribution in [0, 0.1) is 11.8 Å². The minimum Gasteiger partial charge on any atom is -0.497 e. The van der Waals surface area contributed by atoms with E-state index in [9.17, 15) is 9.90 Å². The maximum absolute atomic E-state index is 12.0. The molecule has 3 aromatic rings. The first kappa shape index (κ1) is 23.4. The first-order chi connectivity index (χ1) is 16.1. The van der Waals surface area contributed by atoms with E-state index >= 15 is 0 Å². The highest BCUT2D eigenvalue weighted by Crippen LogP contribution is 2.30. The van der Waals surface area contributed by atoms with E-state index in [-0.39, 0.29) is 11.8 Å². The van der Waals surface area contributed by atoms with Gasteiger partial charge in [0, 0.05) is 36.6 Å². The third-order valence-electron chi connectivity index (χ3n) is 6.43. The van der Waals surface area contributed by atoms with Crippen LogP contribution < -0.4 is 4.74 Å². The number of carboxylic acid groups (broad SMARTS) is 1. The molecule has 2 atom stereocenters. The molecule has 4 rings (SSSR count). The number of carboxylic acids is 1. The lowest BCUT2D eigenvalue weighted by Gasteiger charge is -2.36. The van der Waals surface area contributed by atoms with Gasteiger partial charge in [0.05, 0.1) is 23.6 Å². The molecule has 1 aliphatic rings. The van der Waals surface area contributed by atoms with Gasteiger partial charge >= 0.3 is 5.97 Å². The van der Waals surface area contributed by atoms with E-state index < -0.39 is 5.97 Å². The van der Waals surface area contributed by atoms with Crippen molar-refractivity contribution in [2.45, 2.75) is 30.7 Å². The Morgan fingerprint density at radius 1 is 1.24 bits per heavy atom. The van der Waals surface area contributed by atoms with Gasteiger partial charge in [0.25, 0.3) is 0 Å². The average Bonchev–Trinajstić information content (AvgIpc) is 2.85. The highest BCUT2D eigenvalue weighted by molar-refractivity contribution is 7.99. The number of benzene rings is 1. The molecule has 1 fully saturated rings. The van der Waals surface area contributed by atoms with E-state index in [0.29, 0.717) is 6.54 Å². The molecular weight excluding hydrogens is 436 g/mol. The Kier molecular flexibility index (Phi) is 8.12. The molecule has 0 bridgehead atoms. The summed E-state index contributed by atoms with van der Waals surface area (Å²) in [5.74, 6) is 0.959. The maximum atomic E-state index is 12.0. The molecule has 8 heteroatoms. The van der Waals surface area contributed by atoms with Gasteiger partial charge in [-0.15, -0.1) is 11.8 Å². The van der Waals surface area contributed by atoms with Crippen molar-refractivity contribution in [2.75, 3.05) is 32.5 Å². The average molecular weight is 467 g/mol. The maximum Gasteiger partial charge on any atom is 0.308 e. The normalized spacial score (nSPS) is 18.9. The van der Waals surface area contributed by atoms with Crippen LogP contribution in [0.25, 0.3) is 10.9 Å². The minimum atomic E-state index is -0.674. The second-order valence-corrected chi connectivity index (χ2v) is 9.55. The van der Waals surface area contributed by atoms with Gasteiger partial charge in [-0.3, -0.25) is 9.78 Å². The molecular formula is C25H30N4O3S. The van der Waals surface area contributed by atoms with Crippen LogP contribution in [0.2, 0.25) is 0 Å². The summed E-state index contributed by atoms with van der Waals surface area (Å²) in [6.07, 6.45) is 8.88. The van der Waals surface area contributed by atoms with Crippen molar-refractivity contribution in [3.05, 3.63) is 54.6 Å². The minimum absolute atomic E-state index is 0.218. The number of aliphatic carboxylic acids is 1. The fraction of sp³-hybridized carbons (Fsp3) is 0.440. The SMILES string of the molecule is COc1ccc2nccc(CCC[C@@H]3CCN(CCSc4ccncn4)C[C@@H]3C(=O)O)c2c1. The Morgan fingerprint density at radius 2 is 2.15 bits per heavy atom. The van der Waals surface area contributed by atoms with E-state index in [1.54, 1.807) is 31.4 Å². The van der Waals surface area contributed by atoms with Crippen LogP contribution in [-0.4, -0.2) is 63.4 Å². The third-order valence-corrected chi connectivity index (χ3v) is 7.35. The van der Waals surface area contributed by atoms with Crippen molar-refractivity contribution in [3.8, 4) is 5.75 Å². The molecule has 1 aromatic carbocycles. The van der Waals surface area contributed by atoms with Crippen LogP contribution in [0.3, 0.4) is 0 Å². The summed E-state index contributed by atoms with van der Waals surface area (Å²) < 4.78 is 5.38. The largest absolute Gasteiger partial charge is 0.497 e. The lowest BCUT2D eigenvalue weighted by Crippen LogP contribution is -2.44. The predicted octanol–water partition coefficient (Wildman–Crippen LogP) is 4.17. The molecule has 0 unspecified atom stereocenters.